The van der Waals surface area contributed by atoms with Crippen LogP contribution in [-0.2, 0) is 4.74 Å². The fraction of sp³-hybridized carbons (Fsp3) is 0.857. The number of ether oxygens (including phenoxy) is 1. The van der Waals surface area contributed by atoms with Crippen molar-refractivity contribution >= 4 is 0 Å². The Balaban J connectivity index is 1.52. The van der Waals surface area contributed by atoms with Gasteiger partial charge in [-0.2, -0.15) is 0 Å². The SMILES string of the molecule is COC1CCC2(C)C(=CCC3C2CCC2(C)C(C(C)C=CCC(C)C)CCC32)C1. The molecule has 0 amide bonds. The van der Waals surface area contributed by atoms with Crippen molar-refractivity contribution in [1.29, 1.82) is 0 Å². The Kier molecular flexibility index (Phi) is 6.11. The zero-order chi connectivity index (χ0) is 20.8. The number of methoxy groups -OCH3 is 1. The van der Waals surface area contributed by atoms with E-state index in [-0.39, 0.29) is 0 Å². The predicted octanol–water partition coefficient (Wildman–Crippen LogP) is 7.82. The van der Waals surface area contributed by atoms with Crippen LogP contribution < -0.4 is 0 Å². The minimum absolute atomic E-state index is 0.458. The van der Waals surface area contributed by atoms with Crippen molar-refractivity contribution in [2.75, 3.05) is 7.11 Å². The maximum atomic E-state index is 5.75. The molecule has 29 heavy (non-hydrogen) atoms. The van der Waals surface area contributed by atoms with Crippen LogP contribution in [0.2, 0.25) is 0 Å². The lowest BCUT2D eigenvalue weighted by molar-refractivity contribution is -0.0572. The zero-order valence-electron chi connectivity index (χ0n) is 20.0. The van der Waals surface area contributed by atoms with Gasteiger partial charge in [0.1, 0.15) is 0 Å². The Morgan fingerprint density at radius 2 is 1.86 bits per heavy atom. The van der Waals surface area contributed by atoms with Gasteiger partial charge in [-0.15, -0.1) is 0 Å². The van der Waals surface area contributed by atoms with E-state index in [1.807, 2.05) is 7.11 Å². The summed E-state index contributed by atoms with van der Waals surface area (Å²) in [6.07, 6.45) is 20.4. The number of hydrogen-bond acceptors (Lipinski definition) is 1. The van der Waals surface area contributed by atoms with E-state index >= 15 is 0 Å². The molecule has 8 unspecified atom stereocenters. The van der Waals surface area contributed by atoms with E-state index in [0.29, 0.717) is 16.9 Å². The predicted molar refractivity (Wildman–Crippen MR) is 124 cm³/mol. The maximum Gasteiger partial charge on any atom is 0.0608 e. The number of hydrogen-bond donors (Lipinski definition) is 0. The molecule has 0 saturated heterocycles. The summed E-state index contributed by atoms with van der Waals surface area (Å²) >= 11 is 0. The van der Waals surface area contributed by atoms with E-state index < -0.39 is 0 Å². The lowest BCUT2D eigenvalue weighted by Gasteiger charge is -2.58. The van der Waals surface area contributed by atoms with Crippen LogP contribution in [0.5, 0.6) is 0 Å². The fourth-order valence-corrected chi connectivity index (χ4v) is 8.43. The van der Waals surface area contributed by atoms with Gasteiger partial charge in [0.25, 0.3) is 0 Å². The maximum absolute atomic E-state index is 5.75. The highest BCUT2D eigenvalue weighted by molar-refractivity contribution is 5.25. The van der Waals surface area contributed by atoms with E-state index in [1.165, 1.54) is 57.8 Å². The standard InChI is InChI=1S/C28H46O/c1-19(2)8-7-9-20(3)24-12-13-25-23-11-10-21-18-22(29-6)14-16-27(21,4)26(23)15-17-28(24,25)5/h7,9-10,19-20,22-26H,8,11-18H2,1-6H3. The summed E-state index contributed by atoms with van der Waals surface area (Å²) in [6, 6.07) is 0. The van der Waals surface area contributed by atoms with Crippen LogP contribution >= 0.6 is 0 Å². The van der Waals surface area contributed by atoms with Gasteiger partial charge in [-0.05, 0) is 104 Å². The molecule has 1 heteroatoms. The third-order valence-corrected chi connectivity index (χ3v) is 10.1. The molecule has 0 aromatic carbocycles. The minimum Gasteiger partial charge on any atom is -0.381 e. The number of rotatable bonds is 5. The van der Waals surface area contributed by atoms with Crippen LogP contribution in [0.1, 0.15) is 92.4 Å². The van der Waals surface area contributed by atoms with Gasteiger partial charge in [0.2, 0.25) is 0 Å². The second kappa shape index (κ2) is 8.18. The Morgan fingerprint density at radius 1 is 1.07 bits per heavy atom. The monoisotopic (exact) mass is 398 g/mol. The van der Waals surface area contributed by atoms with Crippen LogP contribution in [0.15, 0.2) is 23.8 Å². The molecule has 164 valence electrons. The van der Waals surface area contributed by atoms with Gasteiger partial charge in [0, 0.05) is 7.11 Å². The number of fused-ring (bicyclic) bond motifs is 5. The topological polar surface area (TPSA) is 9.23 Å². The molecule has 4 aliphatic carbocycles. The van der Waals surface area contributed by atoms with E-state index in [9.17, 15) is 0 Å². The quantitative estimate of drug-likeness (QED) is 0.429. The fourth-order valence-electron chi connectivity index (χ4n) is 8.43. The van der Waals surface area contributed by atoms with Gasteiger partial charge in [-0.3, -0.25) is 0 Å². The van der Waals surface area contributed by atoms with E-state index in [0.717, 1.165) is 35.5 Å². The van der Waals surface area contributed by atoms with Crippen molar-refractivity contribution in [3.8, 4) is 0 Å². The Morgan fingerprint density at radius 3 is 2.59 bits per heavy atom. The summed E-state index contributed by atoms with van der Waals surface area (Å²) in [5.74, 6) is 5.20. The van der Waals surface area contributed by atoms with Crippen LogP contribution in [0.4, 0.5) is 0 Å². The summed E-state index contributed by atoms with van der Waals surface area (Å²) in [4.78, 5) is 0. The van der Waals surface area contributed by atoms with Gasteiger partial charge in [0.15, 0.2) is 0 Å². The summed E-state index contributed by atoms with van der Waals surface area (Å²) in [5, 5.41) is 0. The van der Waals surface area contributed by atoms with E-state index in [1.54, 1.807) is 5.57 Å². The molecule has 3 saturated carbocycles. The first-order valence-corrected chi connectivity index (χ1v) is 12.7. The molecule has 3 fully saturated rings. The molecule has 0 aliphatic heterocycles. The molecular weight excluding hydrogens is 352 g/mol. The van der Waals surface area contributed by atoms with Crippen molar-refractivity contribution in [2.24, 2.45) is 46.3 Å². The molecule has 0 heterocycles. The first-order valence-electron chi connectivity index (χ1n) is 12.7. The Bertz CT molecular complexity index is 645. The van der Waals surface area contributed by atoms with Crippen molar-refractivity contribution < 1.29 is 4.74 Å². The lowest BCUT2D eigenvalue weighted by atomic mass is 9.47. The van der Waals surface area contributed by atoms with Crippen molar-refractivity contribution in [3.05, 3.63) is 23.8 Å². The molecule has 0 aromatic rings. The van der Waals surface area contributed by atoms with Gasteiger partial charge < -0.3 is 4.74 Å². The highest BCUT2D eigenvalue weighted by Crippen LogP contribution is 2.67. The van der Waals surface area contributed by atoms with Crippen molar-refractivity contribution in [2.45, 2.75) is 98.5 Å². The lowest BCUT2D eigenvalue weighted by Crippen LogP contribution is -2.50. The average molecular weight is 399 g/mol. The second-order valence-corrected chi connectivity index (χ2v) is 12.0. The Labute approximate surface area is 180 Å². The molecule has 0 aromatic heterocycles. The molecule has 0 bridgehead atoms. The molecule has 1 nitrogen and oxygen atoms in total. The largest absolute Gasteiger partial charge is 0.381 e. The molecular formula is C28H46O. The van der Waals surface area contributed by atoms with Gasteiger partial charge in [-0.1, -0.05) is 58.4 Å². The molecule has 8 atom stereocenters. The van der Waals surface area contributed by atoms with Gasteiger partial charge in [-0.25, -0.2) is 0 Å². The van der Waals surface area contributed by atoms with E-state index in [4.69, 9.17) is 4.74 Å². The van der Waals surface area contributed by atoms with Crippen LogP contribution in [0.3, 0.4) is 0 Å². The molecule has 4 aliphatic rings. The van der Waals surface area contributed by atoms with Crippen LogP contribution in [0, 0.1) is 46.3 Å². The van der Waals surface area contributed by atoms with Gasteiger partial charge >= 0.3 is 0 Å². The highest BCUT2D eigenvalue weighted by Gasteiger charge is 2.59. The highest BCUT2D eigenvalue weighted by atomic mass is 16.5. The van der Waals surface area contributed by atoms with E-state index in [2.05, 4.69) is 52.8 Å². The minimum atomic E-state index is 0.458. The summed E-state index contributed by atoms with van der Waals surface area (Å²) in [6.45, 7) is 12.5. The second-order valence-electron chi connectivity index (χ2n) is 12.0. The first-order chi connectivity index (χ1) is 13.8. The summed E-state index contributed by atoms with van der Waals surface area (Å²) in [7, 11) is 1.90. The Hall–Kier alpha value is -0.560. The zero-order valence-corrected chi connectivity index (χ0v) is 20.0. The summed E-state index contributed by atoms with van der Waals surface area (Å²) in [5.41, 5.74) is 2.77. The molecule has 0 spiro atoms. The third kappa shape index (κ3) is 3.68. The average Bonchev–Trinajstić information content (AvgIpc) is 3.04. The van der Waals surface area contributed by atoms with Crippen molar-refractivity contribution in [3.63, 3.8) is 0 Å². The molecule has 0 radical (unpaired) electrons. The number of allylic oxidation sites excluding steroid dienone is 3. The van der Waals surface area contributed by atoms with Gasteiger partial charge in [0.05, 0.1) is 6.10 Å². The smallest absolute Gasteiger partial charge is 0.0608 e. The third-order valence-electron chi connectivity index (χ3n) is 10.1. The molecule has 4 rings (SSSR count). The first kappa shape index (κ1) is 21.7. The molecule has 0 N–H and O–H groups in total. The van der Waals surface area contributed by atoms with Crippen molar-refractivity contribution in [1.82, 2.24) is 0 Å². The summed E-state index contributed by atoms with van der Waals surface area (Å²) < 4.78 is 5.75. The normalized spacial score (nSPS) is 45.6. The van der Waals surface area contributed by atoms with Crippen LogP contribution in [-0.4, -0.2) is 13.2 Å². The van der Waals surface area contributed by atoms with Crippen LogP contribution in [0.25, 0.3) is 0 Å².